The van der Waals surface area contributed by atoms with Gasteiger partial charge in [0, 0.05) is 10.2 Å². The molecule has 0 spiro atoms. The Morgan fingerprint density at radius 1 is 0.667 bits per heavy atom. The summed E-state index contributed by atoms with van der Waals surface area (Å²) in [5, 5.41) is 6.89. The highest BCUT2D eigenvalue weighted by Gasteiger charge is 1.99. The molecule has 3 aromatic rings. The van der Waals surface area contributed by atoms with Crippen LogP contribution in [0.3, 0.4) is 0 Å². The maximum atomic E-state index is 2.32. The van der Waals surface area contributed by atoms with E-state index < -0.39 is 0 Å². The lowest BCUT2D eigenvalue weighted by molar-refractivity contribution is 1.79. The molecule has 0 atom stereocenters. The monoisotopic (exact) mass is 208 g/mol. The molecule has 0 fully saturated rings. The number of benzene rings is 3. The third-order valence-electron chi connectivity index (χ3n) is 2.90. The van der Waals surface area contributed by atoms with Crippen molar-refractivity contribution in [3.63, 3.8) is 0 Å². The fourth-order valence-electron chi connectivity index (χ4n) is 2.12. The van der Waals surface area contributed by atoms with Crippen molar-refractivity contribution >= 4 is 37.0 Å². The fraction of sp³-hybridized carbons (Fsp3) is 0. The van der Waals surface area contributed by atoms with Crippen LogP contribution in [-0.2, 0) is 0 Å². The molecule has 3 rings (SSSR count). The minimum atomic E-state index is 1.12. The number of hydrogen-bond acceptors (Lipinski definition) is 0. The molecule has 0 bridgehead atoms. The van der Waals surface area contributed by atoms with Crippen LogP contribution in [0.5, 0.6) is 0 Å². The van der Waals surface area contributed by atoms with Crippen molar-refractivity contribution in [2.24, 2.45) is 0 Å². The largest absolute Gasteiger partial charge is 0.0701 e. The number of fused-ring (bicyclic) bond motifs is 3. The van der Waals surface area contributed by atoms with Gasteiger partial charge in [-0.1, -0.05) is 59.8 Å². The molecular formula is C14H12Si. The van der Waals surface area contributed by atoms with E-state index in [1.807, 2.05) is 0 Å². The summed E-state index contributed by atoms with van der Waals surface area (Å²) < 4.78 is 0. The van der Waals surface area contributed by atoms with E-state index in [4.69, 9.17) is 0 Å². The Morgan fingerprint density at radius 3 is 2.20 bits per heavy atom. The molecule has 0 aliphatic rings. The summed E-state index contributed by atoms with van der Waals surface area (Å²) in [7, 11) is 1.12. The minimum absolute atomic E-state index is 1.12. The first-order valence-electron chi connectivity index (χ1n) is 5.23. The van der Waals surface area contributed by atoms with Gasteiger partial charge in [-0.2, -0.15) is 0 Å². The van der Waals surface area contributed by atoms with E-state index >= 15 is 0 Å². The molecule has 15 heavy (non-hydrogen) atoms. The van der Waals surface area contributed by atoms with Gasteiger partial charge in [0.25, 0.3) is 0 Å². The standard InChI is InChI=1S/C14H12Si/c15-12-8-7-11-6-5-10-3-1-2-4-13(10)14(11)9-12/h1-9H,15H3. The predicted molar refractivity (Wildman–Crippen MR) is 71.0 cm³/mol. The van der Waals surface area contributed by atoms with Crippen molar-refractivity contribution in [2.45, 2.75) is 0 Å². The second-order valence-electron chi connectivity index (χ2n) is 4.01. The maximum Gasteiger partial charge on any atom is 0.0385 e. The van der Waals surface area contributed by atoms with E-state index in [9.17, 15) is 0 Å². The summed E-state index contributed by atoms with van der Waals surface area (Å²) in [6.45, 7) is 0. The third kappa shape index (κ3) is 1.36. The Labute approximate surface area is 92.0 Å². The quantitative estimate of drug-likeness (QED) is 0.391. The molecular weight excluding hydrogens is 196 g/mol. The van der Waals surface area contributed by atoms with Crippen LogP contribution in [0.15, 0.2) is 54.6 Å². The highest BCUT2D eigenvalue weighted by Crippen LogP contribution is 2.23. The Kier molecular flexibility index (Phi) is 1.86. The van der Waals surface area contributed by atoms with Gasteiger partial charge in [-0.25, -0.2) is 0 Å². The van der Waals surface area contributed by atoms with E-state index in [1.54, 1.807) is 0 Å². The molecule has 1 heteroatoms. The Bertz CT molecular complexity index is 641. The summed E-state index contributed by atoms with van der Waals surface area (Å²) in [5.41, 5.74) is 0. The zero-order valence-corrected chi connectivity index (χ0v) is 10.7. The smallest absolute Gasteiger partial charge is 0.0385 e. The van der Waals surface area contributed by atoms with Crippen molar-refractivity contribution in [1.29, 1.82) is 0 Å². The summed E-state index contributed by atoms with van der Waals surface area (Å²) in [4.78, 5) is 0. The van der Waals surface area contributed by atoms with Gasteiger partial charge >= 0.3 is 0 Å². The molecule has 0 saturated heterocycles. The lowest BCUT2D eigenvalue weighted by atomic mass is 10.0. The van der Waals surface area contributed by atoms with E-state index in [0.717, 1.165) is 10.2 Å². The van der Waals surface area contributed by atoms with Gasteiger partial charge in [-0.05, 0) is 21.5 Å². The predicted octanol–water partition coefficient (Wildman–Crippen LogP) is 1.98. The van der Waals surface area contributed by atoms with Gasteiger partial charge in [-0.15, -0.1) is 0 Å². The Morgan fingerprint density at radius 2 is 1.33 bits per heavy atom. The van der Waals surface area contributed by atoms with Gasteiger partial charge in [0.15, 0.2) is 0 Å². The van der Waals surface area contributed by atoms with Crippen LogP contribution in [0.4, 0.5) is 0 Å². The highest BCUT2D eigenvalue weighted by molar-refractivity contribution is 6.33. The van der Waals surface area contributed by atoms with Gasteiger partial charge in [0.1, 0.15) is 0 Å². The first-order chi connectivity index (χ1) is 7.34. The molecule has 3 aromatic carbocycles. The number of hydrogen-bond donors (Lipinski definition) is 0. The molecule has 72 valence electrons. The average molecular weight is 208 g/mol. The second kappa shape index (κ2) is 3.21. The van der Waals surface area contributed by atoms with Crippen LogP contribution in [0.25, 0.3) is 21.5 Å². The molecule has 0 saturated carbocycles. The minimum Gasteiger partial charge on any atom is -0.0701 e. The van der Waals surface area contributed by atoms with Crippen molar-refractivity contribution in [1.82, 2.24) is 0 Å². The molecule has 0 aliphatic heterocycles. The van der Waals surface area contributed by atoms with Gasteiger partial charge in [0.05, 0.1) is 0 Å². The van der Waals surface area contributed by atoms with Crippen molar-refractivity contribution < 1.29 is 0 Å². The lowest BCUT2D eigenvalue weighted by Gasteiger charge is -2.04. The van der Waals surface area contributed by atoms with Gasteiger partial charge in [0.2, 0.25) is 0 Å². The highest BCUT2D eigenvalue weighted by atomic mass is 28.1. The first kappa shape index (κ1) is 8.68. The molecule has 0 nitrogen and oxygen atoms in total. The SMILES string of the molecule is [SiH3]c1ccc2ccc3ccccc3c2c1. The Hall–Kier alpha value is -1.60. The molecule has 0 N–H and O–H groups in total. The normalized spacial score (nSPS) is 11.2. The van der Waals surface area contributed by atoms with Crippen LogP contribution >= 0.6 is 0 Å². The van der Waals surface area contributed by atoms with Crippen molar-refractivity contribution in [2.75, 3.05) is 0 Å². The molecule has 0 aliphatic carbocycles. The summed E-state index contributed by atoms with van der Waals surface area (Å²) in [6.07, 6.45) is 0. The first-order valence-corrected chi connectivity index (χ1v) is 6.23. The van der Waals surface area contributed by atoms with E-state index in [2.05, 4.69) is 54.6 Å². The molecule has 0 unspecified atom stereocenters. The van der Waals surface area contributed by atoms with Gasteiger partial charge in [-0.3, -0.25) is 0 Å². The number of rotatable bonds is 0. The van der Waals surface area contributed by atoms with Crippen LogP contribution in [0.1, 0.15) is 0 Å². The molecule has 0 heterocycles. The topological polar surface area (TPSA) is 0 Å². The van der Waals surface area contributed by atoms with Crippen LogP contribution < -0.4 is 5.19 Å². The summed E-state index contributed by atoms with van der Waals surface area (Å²) in [5.74, 6) is 0. The van der Waals surface area contributed by atoms with Crippen LogP contribution in [-0.4, -0.2) is 10.2 Å². The lowest BCUT2D eigenvalue weighted by Crippen LogP contribution is -1.99. The summed E-state index contributed by atoms with van der Waals surface area (Å²) >= 11 is 0. The Balaban J connectivity index is 2.57. The van der Waals surface area contributed by atoms with Crippen LogP contribution in [0, 0.1) is 0 Å². The zero-order chi connectivity index (χ0) is 10.3. The van der Waals surface area contributed by atoms with Crippen molar-refractivity contribution in [3.05, 3.63) is 54.6 Å². The second-order valence-corrected chi connectivity index (χ2v) is 5.17. The van der Waals surface area contributed by atoms with Gasteiger partial charge < -0.3 is 0 Å². The maximum absolute atomic E-state index is 2.32. The van der Waals surface area contributed by atoms with Crippen molar-refractivity contribution in [3.8, 4) is 0 Å². The van der Waals surface area contributed by atoms with E-state index in [0.29, 0.717) is 0 Å². The average Bonchev–Trinajstić information content (AvgIpc) is 2.29. The molecule has 0 aromatic heterocycles. The third-order valence-corrected chi connectivity index (χ3v) is 3.52. The van der Waals surface area contributed by atoms with Crippen LogP contribution in [0.2, 0.25) is 0 Å². The summed E-state index contributed by atoms with van der Waals surface area (Å²) in [6, 6.07) is 19.8. The zero-order valence-electron chi connectivity index (χ0n) is 8.70. The molecule has 0 amide bonds. The van der Waals surface area contributed by atoms with E-state index in [-0.39, 0.29) is 0 Å². The molecule has 0 radical (unpaired) electrons. The fourth-order valence-corrected chi connectivity index (χ4v) is 2.57. The van der Waals surface area contributed by atoms with E-state index in [1.165, 1.54) is 26.7 Å².